The Bertz CT molecular complexity index is 584. The fourth-order valence-electron chi connectivity index (χ4n) is 1.72. The highest BCUT2D eigenvalue weighted by molar-refractivity contribution is 9.10. The lowest BCUT2D eigenvalue weighted by Crippen LogP contribution is -2.11. The number of hydrogen-bond donors (Lipinski definition) is 1. The number of carbonyl (C=O) groups is 1. The molecular formula is C15H14BrNO2. The second-order valence-electron chi connectivity index (χ2n) is 4.19. The maximum absolute atomic E-state index is 12.1. The van der Waals surface area contributed by atoms with Crippen molar-refractivity contribution >= 4 is 27.6 Å². The predicted octanol–water partition coefficient (Wildman–Crippen LogP) is 3.95. The molecular weight excluding hydrogens is 306 g/mol. The second-order valence-corrected chi connectivity index (χ2v) is 5.11. The van der Waals surface area contributed by atoms with E-state index in [1.165, 1.54) is 0 Å². The number of nitrogen functional groups attached to an aromatic ring is 1. The van der Waals surface area contributed by atoms with Gasteiger partial charge in [0.15, 0.2) is 0 Å². The number of anilines is 1. The quantitative estimate of drug-likeness (QED) is 0.688. The van der Waals surface area contributed by atoms with Crippen LogP contribution in [0.25, 0.3) is 0 Å². The van der Waals surface area contributed by atoms with Crippen LogP contribution in [0.15, 0.2) is 53.0 Å². The van der Waals surface area contributed by atoms with Gasteiger partial charge in [-0.15, -0.1) is 0 Å². The molecule has 0 aromatic heterocycles. The van der Waals surface area contributed by atoms with Crippen molar-refractivity contribution in [3.63, 3.8) is 0 Å². The van der Waals surface area contributed by atoms with Crippen LogP contribution in [0.3, 0.4) is 0 Å². The standard InChI is InChI=1S/C15H14BrNO2/c1-10(11-5-3-2-4-6-11)19-15(18)13-9-12(16)7-8-14(13)17/h2-10H,17H2,1H3/t10-/m0/s1. The van der Waals surface area contributed by atoms with Crippen LogP contribution in [0.2, 0.25) is 0 Å². The molecule has 2 aromatic rings. The maximum Gasteiger partial charge on any atom is 0.340 e. The summed E-state index contributed by atoms with van der Waals surface area (Å²) in [6.45, 7) is 1.83. The summed E-state index contributed by atoms with van der Waals surface area (Å²) in [6.07, 6.45) is -0.313. The molecule has 2 N–H and O–H groups in total. The van der Waals surface area contributed by atoms with Crippen molar-refractivity contribution < 1.29 is 9.53 Å². The van der Waals surface area contributed by atoms with E-state index < -0.39 is 5.97 Å². The monoisotopic (exact) mass is 319 g/mol. The number of benzene rings is 2. The van der Waals surface area contributed by atoms with Crippen molar-refractivity contribution in [2.45, 2.75) is 13.0 Å². The summed E-state index contributed by atoms with van der Waals surface area (Å²) in [5.41, 5.74) is 7.51. The largest absolute Gasteiger partial charge is 0.454 e. The van der Waals surface area contributed by atoms with Crippen molar-refractivity contribution in [3.05, 3.63) is 64.1 Å². The highest BCUT2D eigenvalue weighted by Crippen LogP contribution is 2.23. The first-order chi connectivity index (χ1) is 9.08. The highest BCUT2D eigenvalue weighted by atomic mass is 79.9. The third kappa shape index (κ3) is 3.35. The van der Waals surface area contributed by atoms with E-state index in [0.717, 1.165) is 10.0 Å². The average molecular weight is 320 g/mol. The molecule has 0 heterocycles. The molecule has 3 nitrogen and oxygen atoms in total. The van der Waals surface area contributed by atoms with Gasteiger partial charge in [0.2, 0.25) is 0 Å². The number of carbonyl (C=O) groups excluding carboxylic acids is 1. The van der Waals surface area contributed by atoms with Gasteiger partial charge < -0.3 is 10.5 Å². The van der Waals surface area contributed by atoms with Crippen LogP contribution in [0, 0.1) is 0 Å². The van der Waals surface area contributed by atoms with Crippen molar-refractivity contribution in [2.75, 3.05) is 5.73 Å². The molecule has 4 heteroatoms. The van der Waals surface area contributed by atoms with Gasteiger partial charge in [-0.3, -0.25) is 0 Å². The first-order valence-electron chi connectivity index (χ1n) is 5.89. The van der Waals surface area contributed by atoms with Gasteiger partial charge in [-0.2, -0.15) is 0 Å². The Kier molecular flexibility index (Phi) is 4.22. The van der Waals surface area contributed by atoms with E-state index in [1.54, 1.807) is 18.2 Å². The van der Waals surface area contributed by atoms with Crippen LogP contribution in [-0.4, -0.2) is 5.97 Å². The van der Waals surface area contributed by atoms with Crippen LogP contribution >= 0.6 is 15.9 Å². The first kappa shape index (κ1) is 13.6. The molecule has 2 rings (SSSR count). The van der Waals surface area contributed by atoms with E-state index in [9.17, 15) is 4.79 Å². The molecule has 19 heavy (non-hydrogen) atoms. The van der Waals surface area contributed by atoms with Crippen LogP contribution in [-0.2, 0) is 4.74 Å². The number of esters is 1. The van der Waals surface area contributed by atoms with Crippen LogP contribution in [0.4, 0.5) is 5.69 Å². The molecule has 0 amide bonds. The van der Waals surface area contributed by atoms with Gasteiger partial charge in [-0.1, -0.05) is 46.3 Å². The number of ether oxygens (including phenoxy) is 1. The van der Waals surface area contributed by atoms with Crippen molar-refractivity contribution in [2.24, 2.45) is 0 Å². The molecule has 0 fully saturated rings. The Balaban J connectivity index is 2.15. The molecule has 0 aliphatic rings. The Labute approximate surface area is 120 Å². The van der Waals surface area contributed by atoms with Gasteiger partial charge in [0.25, 0.3) is 0 Å². The minimum Gasteiger partial charge on any atom is -0.454 e. The van der Waals surface area contributed by atoms with Gasteiger partial charge in [-0.05, 0) is 30.7 Å². The molecule has 1 atom stereocenters. The molecule has 0 spiro atoms. The maximum atomic E-state index is 12.1. The number of rotatable bonds is 3. The van der Waals surface area contributed by atoms with Crippen molar-refractivity contribution in [1.82, 2.24) is 0 Å². The third-order valence-corrected chi connectivity index (χ3v) is 3.28. The Morgan fingerprint density at radius 2 is 1.89 bits per heavy atom. The summed E-state index contributed by atoms with van der Waals surface area (Å²) in [7, 11) is 0. The molecule has 0 bridgehead atoms. The van der Waals surface area contributed by atoms with Crippen LogP contribution < -0.4 is 5.73 Å². The summed E-state index contributed by atoms with van der Waals surface area (Å²) in [5.74, 6) is -0.421. The fraction of sp³-hybridized carbons (Fsp3) is 0.133. The van der Waals surface area contributed by atoms with E-state index in [0.29, 0.717) is 11.3 Å². The molecule has 0 radical (unpaired) electrons. The van der Waals surface area contributed by atoms with Crippen LogP contribution in [0.5, 0.6) is 0 Å². The molecule has 0 saturated heterocycles. The van der Waals surface area contributed by atoms with Gasteiger partial charge in [-0.25, -0.2) is 4.79 Å². The minimum absolute atomic E-state index is 0.313. The van der Waals surface area contributed by atoms with E-state index in [4.69, 9.17) is 10.5 Å². The molecule has 98 valence electrons. The normalized spacial score (nSPS) is 11.9. The van der Waals surface area contributed by atoms with Gasteiger partial charge in [0, 0.05) is 10.2 Å². The van der Waals surface area contributed by atoms with E-state index >= 15 is 0 Å². The van der Waals surface area contributed by atoms with Gasteiger partial charge in [0.1, 0.15) is 6.10 Å². The number of halogens is 1. The molecule has 0 unspecified atom stereocenters. The van der Waals surface area contributed by atoms with Gasteiger partial charge in [0.05, 0.1) is 5.56 Å². The average Bonchev–Trinajstić information content (AvgIpc) is 2.42. The molecule has 0 aliphatic heterocycles. The SMILES string of the molecule is C[C@H](OC(=O)c1cc(Br)ccc1N)c1ccccc1. The first-order valence-corrected chi connectivity index (χ1v) is 6.68. The highest BCUT2D eigenvalue weighted by Gasteiger charge is 2.16. The lowest BCUT2D eigenvalue weighted by molar-refractivity contribution is 0.0339. The molecule has 0 aliphatic carbocycles. The second kappa shape index (κ2) is 5.89. The van der Waals surface area contributed by atoms with Crippen molar-refractivity contribution in [3.8, 4) is 0 Å². The smallest absolute Gasteiger partial charge is 0.340 e. The summed E-state index contributed by atoms with van der Waals surface area (Å²) in [6, 6.07) is 14.7. The van der Waals surface area contributed by atoms with Crippen LogP contribution in [0.1, 0.15) is 28.9 Å². The van der Waals surface area contributed by atoms with Crippen molar-refractivity contribution in [1.29, 1.82) is 0 Å². The third-order valence-electron chi connectivity index (χ3n) is 2.79. The van der Waals surface area contributed by atoms with E-state index in [-0.39, 0.29) is 6.10 Å². The zero-order valence-corrected chi connectivity index (χ0v) is 12.1. The Morgan fingerprint density at radius 1 is 1.21 bits per heavy atom. The van der Waals surface area contributed by atoms with E-state index in [2.05, 4.69) is 15.9 Å². The Morgan fingerprint density at radius 3 is 2.58 bits per heavy atom. The summed E-state index contributed by atoms with van der Waals surface area (Å²) < 4.78 is 6.21. The van der Waals surface area contributed by atoms with E-state index in [1.807, 2.05) is 37.3 Å². The van der Waals surface area contributed by atoms with Gasteiger partial charge >= 0.3 is 5.97 Å². The zero-order chi connectivity index (χ0) is 13.8. The molecule has 2 aromatic carbocycles. The molecule has 0 saturated carbocycles. The minimum atomic E-state index is -0.421. The summed E-state index contributed by atoms with van der Waals surface area (Å²) in [5, 5.41) is 0. The summed E-state index contributed by atoms with van der Waals surface area (Å²) >= 11 is 3.31. The zero-order valence-electron chi connectivity index (χ0n) is 10.5. The lowest BCUT2D eigenvalue weighted by Gasteiger charge is -2.14. The number of nitrogens with two attached hydrogens (primary N) is 1. The Hall–Kier alpha value is -1.81. The number of hydrogen-bond acceptors (Lipinski definition) is 3. The topological polar surface area (TPSA) is 52.3 Å². The predicted molar refractivity (Wildman–Crippen MR) is 78.8 cm³/mol. The summed E-state index contributed by atoms with van der Waals surface area (Å²) in [4.78, 5) is 12.1. The fourth-order valence-corrected chi connectivity index (χ4v) is 2.08. The lowest BCUT2D eigenvalue weighted by atomic mass is 10.1.